The second-order valence-electron chi connectivity index (χ2n) is 4.36. The summed E-state index contributed by atoms with van der Waals surface area (Å²) in [6.07, 6.45) is 8.33. The van der Waals surface area contributed by atoms with E-state index < -0.39 is 0 Å². The number of halogens is 2. The van der Waals surface area contributed by atoms with E-state index in [0.717, 1.165) is 15.3 Å². The van der Waals surface area contributed by atoms with Gasteiger partial charge in [-0.2, -0.15) is 0 Å². The Kier molecular flexibility index (Phi) is 4.09. The Morgan fingerprint density at radius 1 is 1.38 bits per heavy atom. The van der Waals surface area contributed by atoms with Crippen LogP contribution in [-0.2, 0) is 0 Å². The van der Waals surface area contributed by atoms with Crippen LogP contribution < -0.4 is 4.90 Å². The summed E-state index contributed by atoms with van der Waals surface area (Å²) in [5.74, 6) is 0.900. The standard InChI is InChI=1S/C12H16BrClN2/c1-16(10-5-3-2-4-6-10)12-11(14)7-9(13)8-15-12/h7-8,10H,2-6H2,1H3. The second-order valence-corrected chi connectivity index (χ2v) is 5.68. The van der Waals surface area contributed by atoms with Gasteiger partial charge < -0.3 is 4.90 Å². The van der Waals surface area contributed by atoms with Gasteiger partial charge >= 0.3 is 0 Å². The van der Waals surface area contributed by atoms with Gasteiger partial charge in [-0.25, -0.2) is 4.98 Å². The third kappa shape index (κ3) is 2.69. The van der Waals surface area contributed by atoms with Crippen LogP contribution in [0, 0.1) is 0 Å². The van der Waals surface area contributed by atoms with Crippen molar-refractivity contribution in [1.82, 2.24) is 4.98 Å². The molecule has 1 aromatic rings. The molecule has 0 unspecified atom stereocenters. The van der Waals surface area contributed by atoms with Crippen LogP contribution in [0.25, 0.3) is 0 Å². The highest BCUT2D eigenvalue weighted by Crippen LogP contribution is 2.30. The van der Waals surface area contributed by atoms with E-state index in [1.165, 1.54) is 32.1 Å². The molecule has 4 heteroatoms. The van der Waals surface area contributed by atoms with Crippen LogP contribution in [-0.4, -0.2) is 18.1 Å². The highest BCUT2D eigenvalue weighted by molar-refractivity contribution is 9.10. The number of nitrogens with zero attached hydrogens (tertiary/aromatic N) is 2. The van der Waals surface area contributed by atoms with Gasteiger partial charge in [0.25, 0.3) is 0 Å². The Balaban J connectivity index is 2.15. The zero-order chi connectivity index (χ0) is 11.5. The normalized spacial score (nSPS) is 17.4. The van der Waals surface area contributed by atoms with E-state index in [0.29, 0.717) is 6.04 Å². The minimum Gasteiger partial charge on any atom is -0.355 e. The van der Waals surface area contributed by atoms with Crippen molar-refractivity contribution in [2.24, 2.45) is 0 Å². The molecule has 16 heavy (non-hydrogen) atoms. The van der Waals surface area contributed by atoms with Gasteiger partial charge in [0.05, 0.1) is 5.02 Å². The molecule has 1 fully saturated rings. The Morgan fingerprint density at radius 2 is 2.06 bits per heavy atom. The van der Waals surface area contributed by atoms with E-state index in [1.807, 2.05) is 6.07 Å². The Hall–Kier alpha value is -0.280. The lowest BCUT2D eigenvalue weighted by Crippen LogP contribution is -2.34. The summed E-state index contributed by atoms with van der Waals surface area (Å²) in [7, 11) is 2.10. The van der Waals surface area contributed by atoms with Crippen molar-refractivity contribution in [3.63, 3.8) is 0 Å². The molecule has 1 aliphatic rings. The maximum Gasteiger partial charge on any atom is 0.147 e. The van der Waals surface area contributed by atoms with Crippen LogP contribution in [0.2, 0.25) is 5.02 Å². The third-order valence-electron chi connectivity index (χ3n) is 3.24. The summed E-state index contributed by atoms with van der Waals surface area (Å²) in [6.45, 7) is 0. The van der Waals surface area contributed by atoms with Gasteiger partial charge in [0.15, 0.2) is 0 Å². The smallest absolute Gasteiger partial charge is 0.147 e. The highest BCUT2D eigenvalue weighted by Gasteiger charge is 2.20. The molecule has 0 N–H and O–H groups in total. The zero-order valence-corrected chi connectivity index (χ0v) is 11.8. The summed E-state index contributed by atoms with van der Waals surface area (Å²) in [6, 6.07) is 2.50. The minimum absolute atomic E-state index is 0.597. The first-order chi connectivity index (χ1) is 7.68. The molecule has 1 aromatic heterocycles. The summed E-state index contributed by atoms with van der Waals surface area (Å²) < 4.78 is 0.929. The highest BCUT2D eigenvalue weighted by atomic mass is 79.9. The van der Waals surface area contributed by atoms with Crippen molar-refractivity contribution in [1.29, 1.82) is 0 Å². The Morgan fingerprint density at radius 3 is 2.69 bits per heavy atom. The average Bonchev–Trinajstić information content (AvgIpc) is 2.29. The van der Waals surface area contributed by atoms with Crippen LogP contribution >= 0.6 is 27.5 Å². The van der Waals surface area contributed by atoms with E-state index in [-0.39, 0.29) is 0 Å². The molecule has 0 aromatic carbocycles. The maximum atomic E-state index is 6.21. The monoisotopic (exact) mass is 302 g/mol. The summed E-state index contributed by atoms with van der Waals surface area (Å²) >= 11 is 9.59. The van der Waals surface area contributed by atoms with Gasteiger partial charge in [-0.05, 0) is 34.8 Å². The molecular formula is C12H16BrClN2. The number of rotatable bonds is 2. The van der Waals surface area contributed by atoms with Crippen molar-refractivity contribution >= 4 is 33.3 Å². The summed E-state index contributed by atoms with van der Waals surface area (Å²) in [5, 5.41) is 0.724. The number of hydrogen-bond donors (Lipinski definition) is 0. The molecular weight excluding hydrogens is 288 g/mol. The van der Waals surface area contributed by atoms with Crippen LogP contribution in [0.15, 0.2) is 16.7 Å². The van der Waals surface area contributed by atoms with E-state index in [4.69, 9.17) is 11.6 Å². The Labute approximate surface area is 110 Å². The predicted octanol–water partition coefficient (Wildman–Crippen LogP) is 4.27. The molecule has 0 saturated heterocycles. The molecule has 1 aliphatic carbocycles. The third-order valence-corrected chi connectivity index (χ3v) is 3.96. The van der Waals surface area contributed by atoms with E-state index in [2.05, 4.69) is 32.9 Å². The van der Waals surface area contributed by atoms with Gasteiger partial charge in [0.2, 0.25) is 0 Å². The predicted molar refractivity (Wildman–Crippen MR) is 72.2 cm³/mol. The fourth-order valence-corrected chi connectivity index (χ4v) is 3.07. The van der Waals surface area contributed by atoms with Crippen LogP contribution in [0.3, 0.4) is 0 Å². The van der Waals surface area contributed by atoms with Crippen molar-refractivity contribution in [3.8, 4) is 0 Å². The molecule has 0 amide bonds. The van der Waals surface area contributed by atoms with Crippen molar-refractivity contribution in [2.45, 2.75) is 38.1 Å². The molecule has 0 bridgehead atoms. The lowest BCUT2D eigenvalue weighted by molar-refractivity contribution is 0.426. The first-order valence-electron chi connectivity index (χ1n) is 5.72. The van der Waals surface area contributed by atoms with Gasteiger partial charge in [-0.3, -0.25) is 0 Å². The average molecular weight is 304 g/mol. The van der Waals surface area contributed by atoms with E-state index in [1.54, 1.807) is 6.20 Å². The molecule has 2 rings (SSSR count). The Bertz CT molecular complexity index is 364. The molecule has 0 atom stereocenters. The van der Waals surface area contributed by atoms with Crippen LogP contribution in [0.1, 0.15) is 32.1 Å². The number of pyridine rings is 1. The van der Waals surface area contributed by atoms with Crippen LogP contribution in [0.5, 0.6) is 0 Å². The lowest BCUT2D eigenvalue weighted by atomic mass is 9.94. The van der Waals surface area contributed by atoms with Gasteiger partial charge in [-0.15, -0.1) is 0 Å². The van der Waals surface area contributed by atoms with E-state index in [9.17, 15) is 0 Å². The molecule has 0 spiro atoms. The lowest BCUT2D eigenvalue weighted by Gasteiger charge is -2.32. The first kappa shape index (κ1) is 12.2. The molecule has 2 nitrogen and oxygen atoms in total. The number of hydrogen-bond acceptors (Lipinski definition) is 2. The first-order valence-corrected chi connectivity index (χ1v) is 6.89. The van der Waals surface area contributed by atoms with Crippen molar-refractivity contribution in [3.05, 3.63) is 21.8 Å². The van der Waals surface area contributed by atoms with Gasteiger partial charge in [0.1, 0.15) is 5.82 Å². The topological polar surface area (TPSA) is 16.1 Å². The number of aromatic nitrogens is 1. The zero-order valence-electron chi connectivity index (χ0n) is 9.42. The van der Waals surface area contributed by atoms with Crippen molar-refractivity contribution < 1.29 is 0 Å². The number of anilines is 1. The van der Waals surface area contributed by atoms with Crippen molar-refractivity contribution in [2.75, 3.05) is 11.9 Å². The second kappa shape index (κ2) is 5.37. The quantitative estimate of drug-likeness (QED) is 0.811. The minimum atomic E-state index is 0.597. The molecule has 1 saturated carbocycles. The molecule has 0 radical (unpaired) electrons. The largest absolute Gasteiger partial charge is 0.355 e. The fraction of sp³-hybridized carbons (Fsp3) is 0.583. The summed E-state index contributed by atoms with van der Waals surface area (Å²) in [5.41, 5.74) is 0. The molecule has 0 aliphatic heterocycles. The SMILES string of the molecule is CN(c1ncc(Br)cc1Cl)C1CCCCC1. The molecule has 88 valence electrons. The van der Waals surface area contributed by atoms with Gasteiger partial charge in [0, 0.05) is 23.8 Å². The maximum absolute atomic E-state index is 6.21. The fourth-order valence-electron chi connectivity index (χ4n) is 2.31. The van der Waals surface area contributed by atoms with E-state index >= 15 is 0 Å². The van der Waals surface area contributed by atoms with Gasteiger partial charge in [-0.1, -0.05) is 30.9 Å². The summed E-state index contributed by atoms with van der Waals surface area (Å²) in [4.78, 5) is 6.63. The molecule has 1 heterocycles. The van der Waals surface area contributed by atoms with Crippen LogP contribution in [0.4, 0.5) is 5.82 Å².